The van der Waals surface area contributed by atoms with Gasteiger partial charge in [-0.1, -0.05) is 29.8 Å². The van der Waals surface area contributed by atoms with E-state index in [0.717, 1.165) is 41.9 Å². The van der Waals surface area contributed by atoms with Gasteiger partial charge in [0.2, 0.25) is 0 Å². The van der Waals surface area contributed by atoms with Gasteiger partial charge in [-0.25, -0.2) is 8.78 Å². The molecule has 0 spiro atoms. The quantitative estimate of drug-likeness (QED) is 0.837. The summed E-state index contributed by atoms with van der Waals surface area (Å²) < 4.78 is 27.1. The van der Waals surface area contributed by atoms with Crippen molar-refractivity contribution >= 4 is 32.5 Å². The van der Waals surface area contributed by atoms with Crippen LogP contribution in [0.25, 0.3) is 10.9 Å². The molecule has 0 radical (unpaired) electrons. The van der Waals surface area contributed by atoms with Crippen molar-refractivity contribution in [3.05, 3.63) is 28.4 Å². The first-order valence-electron chi connectivity index (χ1n) is 7.21. The third-order valence-electron chi connectivity index (χ3n) is 3.45. The number of hydrogen-bond donors (Lipinski definition) is 2. The van der Waals surface area contributed by atoms with Crippen LogP contribution < -0.4 is 10.2 Å². The Morgan fingerprint density at radius 1 is 1.19 bits per heavy atom. The predicted octanol–water partition coefficient (Wildman–Crippen LogP) is 4.30. The number of hydrogen-bond acceptors (Lipinski definition) is 2. The summed E-state index contributed by atoms with van der Waals surface area (Å²) in [6.45, 7) is 7.42. The van der Waals surface area contributed by atoms with Crippen LogP contribution in [0.15, 0.2) is 22.8 Å². The smallest absolute Gasteiger partial charge is 0.265 e. The van der Waals surface area contributed by atoms with Gasteiger partial charge >= 0.3 is 0 Å². The Morgan fingerprint density at radius 2 is 1.86 bits per heavy atom. The van der Waals surface area contributed by atoms with E-state index in [1.807, 2.05) is 26.0 Å². The van der Waals surface area contributed by atoms with Gasteiger partial charge in [0.25, 0.3) is 6.43 Å². The van der Waals surface area contributed by atoms with Crippen LogP contribution in [0.5, 0.6) is 0 Å². The monoisotopic (exact) mass is 359 g/mol. The lowest BCUT2D eigenvalue weighted by Crippen LogP contribution is -2.43. The number of benzene rings is 1. The van der Waals surface area contributed by atoms with Gasteiger partial charge < -0.3 is 15.2 Å². The predicted molar refractivity (Wildman–Crippen MR) is 87.4 cm³/mol. The van der Waals surface area contributed by atoms with E-state index in [0.29, 0.717) is 5.39 Å². The average molecular weight is 360 g/mol. The van der Waals surface area contributed by atoms with Crippen molar-refractivity contribution in [1.82, 2.24) is 10.3 Å². The Kier molecular flexibility index (Phi) is 5.58. The molecule has 2 heterocycles. The lowest BCUT2D eigenvalue weighted by molar-refractivity contribution is 0.153. The second-order valence-corrected chi connectivity index (χ2v) is 5.54. The Bertz CT molecular complexity index is 592. The van der Waals surface area contributed by atoms with Crippen molar-refractivity contribution in [2.75, 3.05) is 31.1 Å². The van der Waals surface area contributed by atoms with Crippen LogP contribution in [0.3, 0.4) is 0 Å². The van der Waals surface area contributed by atoms with E-state index in [-0.39, 0.29) is 5.56 Å². The third-order valence-corrected chi connectivity index (χ3v) is 3.90. The fourth-order valence-electron chi connectivity index (χ4n) is 2.56. The molecule has 1 aliphatic rings. The van der Waals surface area contributed by atoms with E-state index in [4.69, 9.17) is 0 Å². The molecule has 21 heavy (non-hydrogen) atoms. The molecule has 1 saturated heterocycles. The molecule has 0 atom stereocenters. The number of nitrogens with zero attached hydrogens (tertiary/aromatic N) is 1. The zero-order chi connectivity index (χ0) is 15.4. The number of aromatic nitrogens is 1. The minimum Gasteiger partial charge on any atom is -0.368 e. The number of alkyl halides is 2. The number of anilines is 1. The lowest BCUT2D eigenvalue weighted by atomic mass is 10.1. The van der Waals surface area contributed by atoms with Gasteiger partial charge in [-0.05, 0) is 12.1 Å². The van der Waals surface area contributed by atoms with E-state index >= 15 is 0 Å². The number of aromatic amines is 1. The van der Waals surface area contributed by atoms with Gasteiger partial charge in [0.15, 0.2) is 0 Å². The number of piperazine rings is 1. The summed E-state index contributed by atoms with van der Waals surface area (Å²) in [5.41, 5.74) is 1.71. The first kappa shape index (κ1) is 16.2. The van der Waals surface area contributed by atoms with Crippen molar-refractivity contribution in [1.29, 1.82) is 0 Å². The number of rotatable bonds is 2. The molecular weight excluding hydrogens is 340 g/mol. The van der Waals surface area contributed by atoms with Gasteiger partial charge in [-0.3, -0.25) is 0 Å². The SMILES string of the molecule is CC.FC(F)c1c[nH]c2cc(Br)cc(N3CCNCC3)c12. The van der Waals surface area contributed by atoms with E-state index < -0.39 is 6.43 Å². The van der Waals surface area contributed by atoms with Gasteiger partial charge in [0, 0.05) is 59.0 Å². The number of fused-ring (bicyclic) bond motifs is 1. The summed E-state index contributed by atoms with van der Waals surface area (Å²) in [6.07, 6.45) is -1.05. The standard InChI is InChI=1S/C13H14BrF2N3.C2H6/c14-8-5-10-12(9(7-18-10)13(15)16)11(6-8)19-3-1-17-2-4-19;1-2/h5-7,13,17-18H,1-4H2;1-2H3. The minimum absolute atomic E-state index is 0.0797. The first-order chi connectivity index (χ1) is 10.2. The number of H-pyrrole nitrogens is 1. The minimum atomic E-state index is -2.46. The highest BCUT2D eigenvalue weighted by atomic mass is 79.9. The average Bonchev–Trinajstić information content (AvgIpc) is 2.93. The summed E-state index contributed by atoms with van der Waals surface area (Å²) in [5, 5.41) is 3.91. The molecule has 2 N–H and O–H groups in total. The lowest BCUT2D eigenvalue weighted by Gasteiger charge is -2.30. The Balaban J connectivity index is 0.000000774. The molecule has 0 unspecified atom stereocenters. The van der Waals surface area contributed by atoms with E-state index in [9.17, 15) is 8.78 Å². The zero-order valence-corrected chi connectivity index (χ0v) is 13.8. The fourth-order valence-corrected chi connectivity index (χ4v) is 3.01. The molecule has 1 fully saturated rings. The summed E-state index contributed by atoms with van der Waals surface area (Å²) in [6, 6.07) is 3.76. The zero-order valence-electron chi connectivity index (χ0n) is 12.2. The molecule has 6 heteroatoms. The number of halogens is 3. The normalized spacial score (nSPS) is 15.2. The molecule has 1 aromatic carbocycles. The van der Waals surface area contributed by atoms with Gasteiger partial charge in [-0.15, -0.1) is 0 Å². The maximum atomic E-state index is 13.1. The van der Waals surface area contributed by atoms with Crippen LogP contribution in [0, 0.1) is 0 Å². The third kappa shape index (κ3) is 3.37. The molecule has 0 aliphatic carbocycles. The van der Waals surface area contributed by atoms with E-state index in [2.05, 4.69) is 31.1 Å². The van der Waals surface area contributed by atoms with Crippen LogP contribution in [0.1, 0.15) is 25.8 Å². The maximum absolute atomic E-state index is 13.1. The van der Waals surface area contributed by atoms with E-state index in [1.165, 1.54) is 6.20 Å². The highest BCUT2D eigenvalue weighted by Gasteiger charge is 2.21. The fraction of sp³-hybridized carbons (Fsp3) is 0.467. The molecule has 0 saturated carbocycles. The maximum Gasteiger partial charge on any atom is 0.265 e. The molecule has 0 bridgehead atoms. The second kappa shape index (κ2) is 7.22. The highest BCUT2D eigenvalue weighted by Crippen LogP contribution is 2.37. The van der Waals surface area contributed by atoms with Crippen molar-refractivity contribution in [2.24, 2.45) is 0 Å². The molecule has 1 aliphatic heterocycles. The highest BCUT2D eigenvalue weighted by molar-refractivity contribution is 9.10. The summed E-state index contributed by atoms with van der Waals surface area (Å²) in [5.74, 6) is 0. The van der Waals surface area contributed by atoms with E-state index in [1.54, 1.807) is 0 Å². The van der Waals surface area contributed by atoms with Crippen molar-refractivity contribution < 1.29 is 8.78 Å². The summed E-state index contributed by atoms with van der Waals surface area (Å²) >= 11 is 3.45. The Hall–Kier alpha value is -1.14. The van der Waals surface area contributed by atoms with Crippen LogP contribution >= 0.6 is 15.9 Å². The molecule has 3 nitrogen and oxygen atoms in total. The molecule has 1 aromatic heterocycles. The van der Waals surface area contributed by atoms with Crippen molar-refractivity contribution in [2.45, 2.75) is 20.3 Å². The Morgan fingerprint density at radius 3 is 2.48 bits per heavy atom. The van der Waals surface area contributed by atoms with Crippen molar-refractivity contribution in [3.8, 4) is 0 Å². The van der Waals surface area contributed by atoms with Gasteiger partial charge in [0.05, 0.1) is 0 Å². The molecule has 2 aromatic rings. The second-order valence-electron chi connectivity index (χ2n) is 4.63. The number of nitrogens with one attached hydrogen (secondary N) is 2. The molecule has 3 rings (SSSR count). The Labute approximate surface area is 131 Å². The molecule has 0 amide bonds. The van der Waals surface area contributed by atoms with Crippen molar-refractivity contribution in [3.63, 3.8) is 0 Å². The molecular formula is C15H20BrF2N3. The molecule has 116 valence electrons. The van der Waals surface area contributed by atoms with Crippen LogP contribution in [0.4, 0.5) is 14.5 Å². The summed E-state index contributed by atoms with van der Waals surface area (Å²) in [7, 11) is 0. The van der Waals surface area contributed by atoms with Gasteiger partial charge in [0.1, 0.15) is 0 Å². The van der Waals surface area contributed by atoms with Crippen LogP contribution in [-0.2, 0) is 0 Å². The van der Waals surface area contributed by atoms with Crippen LogP contribution in [-0.4, -0.2) is 31.2 Å². The topological polar surface area (TPSA) is 31.1 Å². The summed E-state index contributed by atoms with van der Waals surface area (Å²) in [4.78, 5) is 5.09. The first-order valence-corrected chi connectivity index (χ1v) is 8.00. The largest absolute Gasteiger partial charge is 0.368 e. The van der Waals surface area contributed by atoms with Gasteiger partial charge in [-0.2, -0.15) is 0 Å². The van der Waals surface area contributed by atoms with Crippen LogP contribution in [0.2, 0.25) is 0 Å².